The number of carbonyl (C=O) groups is 1. The second-order valence-electron chi connectivity index (χ2n) is 3.70. The van der Waals surface area contributed by atoms with Crippen LogP contribution in [0.2, 0.25) is 0 Å². The number of azide groups is 1. The summed E-state index contributed by atoms with van der Waals surface area (Å²) >= 11 is 0. The number of carbonyl (C=O) groups excluding carboxylic acids is 1. The molecule has 1 aliphatic rings. The van der Waals surface area contributed by atoms with Gasteiger partial charge in [-0.2, -0.15) is 0 Å². The van der Waals surface area contributed by atoms with E-state index in [-0.39, 0.29) is 13.2 Å². The number of hydrogen-bond acceptors (Lipinski definition) is 5. The van der Waals surface area contributed by atoms with E-state index >= 15 is 0 Å². The molecular weight excluding hydrogens is 214 g/mol. The largest absolute Gasteiger partial charge is 0.464 e. The second kappa shape index (κ2) is 5.69. The normalized spacial score (nSPS) is 29.2. The third kappa shape index (κ3) is 3.37. The minimum absolute atomic E-state index is 0.0184. The quantitative estimate of drug-likeness (QED) is 0.332. The Bertz CT molecular complexity index is 293. The molecule has 1 aliphatic heterocycles. The van der Waals surface area contributed by atoms with Crippen LogP contribution < -0.4 is 0 Å². The van der Waals surface area contributed by atoms with Gasteiger partial charge in [0.2, 0.25) is 0 Å². The Morgan fingerprint density at radius 1 is 1.81 bits per heavy atom. The molecule has 1 N–H and O–H groups in total. The van der Waals surface area contributed by atoms with E-state index in [1.165, 1.54) is 0 Å². The highest BCUT2D eigenvalue weighted by molar-refractivity contribution is 5.74. The maximum Gasteiger partial charge on any atom is 0.335 e. The molecule has 0 aromatic heterocycles. The average Bonchev–Trinajstić information content (AvgIpc) is 2.28. The van der Waals surface area contributed by atoms with Crippen LogP contribution >= 0.6 is 0 Å². The molecule has 0 aliphatic carbocycles. The predicted octanol–water partition coefficient (Wildman–Crippen LogP) is 0.770. The molecule has 1 saturated heterocycles. The molecule has 0 amide bonds. The van der Waals surface area contributed by atoms with Crippen LogP contribution in [0.15, 0.2) is 5.11 Å². The predicted molar refractivity (Wildman–Crippen MR) is 54.6 cm³/mol. The SMILES string of the molecule is CCOC(=O)[C@H]1CC[C@@](O)(CN=[N+]=[N-])CO1. The third-order valence-electron chi connectivity index (χ3n) is 2.40. The molecule has 0 saturated carbocycles. The van der Waals surface area contributed by atoms with Crippen LogP contribution in [0, 0.1) is 0 Å². The summed E-state index contributed by atoms with van der Waals surface area (Å²) in [6.45, 7) is 1.97. The highest BCUT2D eigenvalue weighted by atomic mass is 16.6. The lowest BCUT2D eigenvalue weighted by Crippen LogP contribution is -2.46. The van der Waals surface area contributed by atoms with Crippen molar-refractivity contribution in [3.05, 3.63) is 10.4 Å². The first-order valence-electron chi connectivity index (χ1n) is 5.13. The van der Waals surface area contributed by atoms with Gasteiger partial charge in [0.15, 0.2) is 6.10 Å². The summed E-state index contributed by atoms with van der Waals surface area (Å²) in [4.78, 5) is 13.9. The van der Waals surface area contributed by atoms with Gasteiger partial charge in [-0.3, -0.25) is 0 Å². The van der Waals surface area contributed by atoms with Gasteiger partial charge in [0.1, 0.15) is 0 Å². The van der Waals surface area contributed by atoms with Crippen molar-refractivity contribution in [2.45, 2.75) is 31.5 Å². The fourth-order valence-electron chi connectivity index (χ4n) is 1.52. The van der Waals surface area contributed by atoms with E-state index in [9.17, 15) is 9.90 Å². The molecule has 7 heteroatoms. The maximum absolute atomic E-state index is 11.3. The monoisotopic (exact) mass is 229 g/mol. The van der Waals surface area contributed by atoms with E-state index in [2.05, 4.69) is 10.0 Å². The minimum atomic E-state index is -1.16. The zero-order valence-corrected chi connectivity index (χ0v) is 9.13. The number of rotatable bonds is 4. The summed E-state index contributed by atoms with van der Waals surface area (Å²) in [5, 5.41) is 13.2. The van der Waals surface area contributed by atoms with E-state index in [1.54, 1.807) is 6.92 Å². The van der Waals surface area contributed by atoms with E-state index in [4.69, 9.17) is 15.0 Å². The lowest BCUT2D eigenvalue weighted by atomic mass is 9.94. The van der Waals surface area contributed by atoms with Crippen molar-refractivity contribution in [2.24, 2.45) is 5.11 Å². The van der Waals surface area contributed by atoms with Crippen LogP contribution in [0.25, 0.3) is 10.4 Å². The molecular formula is C9H15N3O4. The summed E-state index contributed by atoms with van der Waals surface area (Å²) in [6, 6.07) is 0. The Balaban J connectivity index is 2.43. The molecule has 0 aromatic rings. The van der Waals surface area contributed by atoms with E-state index in [0.29, 0.717) is 19.4 Å². The molecule has 1 rings (SSSR count). The summed E-state index contributed by atoms with van der Waals surface area (Å²) < 4.78 is 10.0. The van der Waals surface area contributed by atoms with Crippen molar-refractivity contribution in [1.82, 2.24) is 0 Å². The van der Waals surface area contributed by atoms with Crippen LogP contribution in [0.5, 0.6) is 0 Å². The first-order chi connectivity index (χ1) is 7.61. The zero-order valence-electron chi connectivity index (χ0n) is 9.13. The molecule has 0 unspecified atom stereocenters. The summed E-state index contributed by atoms with van der Waals surface area (Å²) in [7, 11) is 0. The first-order valence-corrected chi connectivity index (χ1v) is 5.13. The lowest BCUT2D eigenvalue weighted by molar-refractivity contribution is -0.171. The van der Waals surface area contributed by atoms with E-state index in [0.717, 1.165) is 0 Å². The molecule has 1 heterocycles. The Morgan fingerprint density at radius 2 is 2.56 bits per heavy atom. The fraction of sp³-hybridized carbons (Fsp3) is 0.889. The smallest absolute Gasteiger partial charge is 0.335 e. The van der Waals surface area contributed by atoms with Crippen molar-refractivity contribution in [3.8, 4) is 0 Å². The van der Waals surface area contributed by atoms with Crippen LogP contribution in [-0.4, -0.2) is 42.5 Å². The highest BCUT2D eigenvalue weighted by Crippen LogP contribution is 2.24. The number of esters is 1. The fourth-order valence-corrected chi connectivity index (χ4v) is 1.52. The standard InChI is InChI=1S/C9H15N3O4/c1-2-15-8(13)7-3-4-9(14,6-16-7)5-11-12-10/h7,14H,2-6H2,1H3/t7-,9-/m1/s1. The Kier molecular flexibility index (Phi) is 4.54. The van der Waals surface area contributed by atoms with E-state index < -0.39 is 17.7 Å². The van der Waals surface area contributed by atoms with Gasteiger partial charge in [-0.15, -0.1) is 0 Å². The molecule has 0 radical (unpaired) electrons. The van der Waals surface area contributed by atoms with Crippen LogP contribution in [0.4, 0.5) is 0 Å². The molecule has 90 valence electrons. The van der Waals surface area contributed by atoms with Crippen LogP contribution in [-0.2, 0) is 14.3 Å². The van der Waals surface area contributed by atoms with Crippen LogP contribution in [0.1, 0.15) is 19.8 Å². The lowest BCUT2D eigenvalue weighted by Gasteiger charge is -2.33. The van der Waals surface area contributed by atoms with Gasteiger partial charge in [0, 0.05) is 4.91 Å². The first kappa shape index (κ1) is 12.8. The summed E-state index contributed by atoms with van der Waals surface area (Å²) in [6.07, 6.45) is 0.109. The summed E-state index contributed by atoms with van der Waals surface area (Å²) in [5.74, 6) is -0.409. The van der Waals surface area contributed by atoms with Crippen molar-refractivity contribution >= 4 is 5.97 Å². The van der Waals surface area contributed by atoms with Crippen molar-refractivity contribution in [3.63, 3.8) is 0 Å². The Morgan fingerprint density at radius 3 is 3.06 bits per heavy atom. The number of nitrogens with zero attached hydrogens (tertiary/aromatic N) is 3. The van der Waals surface area contributed by atoms with Gasteiger partial charge in [-0.05, 0) is 25.3 Å². The second-order valence-corrected chi connectivity index (χ2v) is 3.70. The zero-order chi connectivity index (χ0) is 12.0. The topological polar surface area (TPSA) is 105 Å². The van der Waals surface area contributed by atoms with Gasteiger partial charge < -0.3 is 14.6 Å². The molecule has 0 spiro atoms. The van der Waals surface area contributed by atoms with Gasteiger partial charge in [0.25, 0.3) is 0 Å². The van der Waals surface area contributed by atoms with Gasteiger partial charge in [-0.1, -0.05) is 5.11 Å². The van der Waals surface area contributed by atoms with Gasteiger partial charge in [0.05, 0.1) is 25.4 Å². The molecule has 7 nitrogen and oxygen atoms in total. The van der Waals surface area contributed by atoms with Crippen LogP contribution in [0.3, 0.4) is 0 Å². The van der Waals surface area contributed by atoms with Gasteiger partial charge >= 0.3 is 5.97 Å². The van der Waals surface area contributed by atoms with E-state index in [1.807, 2.05) is 0 Å². The molecule has 1 fully saturated rings. The Labute approximate surface area is 93.0 Å². The third-order valence-corrected chi connectivity index (χ3v) is 2.40. The average molecular weight is 229 g/mol. The molecule has 16 heavy (non-hydrogen) atoms. The highest BCUT2D eigenvalue weighted by Gasteiger charge is 2.36. The number of ether oxygens (including phenoxy) is 2. The molecule has 2 atom stereocenters. The Hall–Kier alpha value is -1.30. The van der Waals surface area contributed by atoms with Crippen molar-refractivity contribution in [1.29, 1.82) is 0 Å². The van der Waals surface area contributed by atoms with Crippen molar-refractivity contribution < 1.29 is 19.4 Å². The maximum atomic E-state index is 11.3. The number of hydrogen-bond donors (Lipinski definition) is 1. The minimum Gasteiger partial charge on any atom is -0.464 e. The van der Waals surface area contributed by atoms with Crippen molar-refractivity contribution in [2.75, 3.05) is 19.8 Å². The molecule has 0 bridgehead atoms. The summed E-state index contributed by atoms with van der Waals surface area (Å²) in [5.41, 5.74) is 7.00. The number of aliphatic hydroxyl groups is 1. The molecule has 0 aromatic carbocycles. The van der Waals surface area contributed by atoms with Gasteiger partial charge in [-0.25, -0.2) is 4.79 Å².